The van der Waals surface area contributed by atoms with Crippen LogP contribution >= 0.6 is 0 Å². The van der Waals surface area contributed by atoms with Crippen LogP contribution in [-0.2, 0) is 11.3 Å². The van der Waals surface area contributed by atoms with Crippen LogP contribution < -0.4 is 14.9 Å². The summed E-state index contributed by atoms with van der Waals surface area (Å²) in [6, 6.07) is 12.3. The summed E-state index contributed by atoms with van der Waals surface area (Å²) in [6.07, 6.45) is 4.99. The average Bonchev–Trinajstić information content (AvgIpc) is 2.72. The zero-order valence-electron chi connectivity index (χ0n) is 19.9. The lowest BCUT2D eigenvalue weighted by atomic mass is 9.70. The standard InChI is InChI=1S/C27H34NO4/c1-18(2)23(16-27(5,6)19(3)4)20-11-13-28(14-12-20)17-26(30)31-22-9-7-21-8-10-25(29)32-24(21)15-22/h7-15,18-19,23H,16-17H2,1-6H3/q+1. The van der Waals surface area contributed by atoms with Gasteiger partial charge in [-0.2, -0.15) is 4.57 Å². The minimum atomic E-state index is -0.437. The van der Waals surface area contributed by atoms with E-state index in [2.05, 4.69) is 53.7 Å². The van der Waals surface area contributed by atoms with E-state index in [-0.39, 0.29) is 17.9 Å². The SMILES string of the molecule is CC(C)C(CC(C)(C)C(C)C)c1cc[n+](CC(=O)Oc2ccc3ccc(=O)oc3c2)cc1. The molecule has 0 fully saturated rings. The fraction of sp³-hybridized carbons (Fsp3) is 0.444. The third-order valence-corrected chi connectivity index (χ3v) is 6.60. The van der Waals surface area contributed by atoms with Gasteiger partial charge in [0.2, 0.25) is 6.54 Å². The van der Waals surface area contributed by atoms with E-state index in [1.54, 1.807) is 24.3 Å². The van der Waals surface area contributed by atoms with Gasteiger partial charge >= 0.3 is 11.6 Å². The molecule has 0 radical (unpaired) electrons. The van der Waals surface area contributed by atoms with Gasteiger partial charge in [-0.15, -0.1) is 0 Å². The van der Waals surface area contributed by atoms with Crippen molar-refractivity contribution < 1.29 is 18.5 Å². The number of carbonyl (C=O) groups is 1. The van der Waals surface area contributed by atoms with E-state index in [1.807, 2.05) is 17.0 Å². The van der Waals surface area contributed by atoms with E-state index >= 15 is 0 Å². The van der Waals surface area contributed by atoms with Crippen molar-refractivity contribution in [3.05, 3.63) is 70.8 Å². The molecule has 3 rings (SSSR count). The summed E-state index contributed by atoms with van der Waals surface area (Å²) in [5.74, 6) is 1.56. The summed E-state index contributed by atoms with van der Waals surface area (Å²) in [5, 5.41) is 0.773. The number of nitrogens with zero attached hydrogens (tertiary/aromatic N) is 1. The molecule has 0 saturated carbocycles. The van der Waals surface area contributed by atoms with E-state index in [9.17, 15) is 9.59 Å². The molecule has 0 amide bonds. The second-order valence-corrected chi connectivity index (χ2v) is 9.93. The number of hydrogen-bond acceptors (Lipinski definition) is 4. The van der Waals surface area contributed by atoms with Crippen molar-refractivity contribution in [2.45, 2.75) is 60.4 Å². The first-order valence-electron chi connectivity index (χ1n) is 11.3. The molecule has 0 N–H and O–H groups in total. The van der Waals surface area contributed by atoms with E-state index in [0.717, 1.165) is 11.8 Å². The number of pyridine rings is 1. The van der Waals surface area contributed by atoms with Crippen molar-refractivity contribution in [3.63, 3.8) is 0 Å². The lowest BCUT2D eigenvalue weighted by molar-refractivity contribution is -0.685. The van der Waals surface area contributed by atoms with Crippen LogP contribution in [-0.4, -0.2) is 5.97 Å². The Balaban J connectivity index is 1.68. The molecule has 5 nitrogen and oxygen atoms in total. The number of rotatable bonds is 8. The van der Waals surface area contributed by atoms with Crippen LogP contribution in [0.15, 0.2) is 64.1 Å². The molecule has 1 unspecified atom stereocenters. The van der Waals surface area contributed by atoms with Gasteiger partial charge in [0.05, 0.1) is 0 Å². The molecular formula is C27H34NO4+. The fourth-order valence-electron chi connectivity index (χ4n) is 3.78. The van der Waals surface area contributed by atoms with Crippen molar-refractivity contribution in [1.82, 2.24) is 0 Å². The number of hydrogen-bond donors (Lipinski definition) is 0. The maximum atomic E-state index is 12.4. The number of aromatic nitrogens is 1. The van der Waals surface area contributed by atoms with Crippen LogP contribution in [0.25, 0.3) is 11.0 Å². The summed E-state index contributed by atoms with van der Waals surface area (Å²) < 4.78 is 12.4. The molecular weight excluding hydrogens is 402 g/mol. The topological polar surface area (TPSA) is 60.4 Å². The molecule has 32 heavy (non-hydrogen) atoms. The Morgan fingerprint density at radius 3 is 2.31 bits per heavy atom. The van der Waals surface area contributed by atoms with Crippen molar-refractivity contribution in [3.8, 4) is 5.75 Å². The predicted molar refractivity (Wildman–Crippen MR) is 126 cm³/mol. The van der Waals surface area contributed by atoms with Gasteiger partial charge in [0.25, 0.3) is 0 Å². The highest BCUT2D eigenvalue weighted by Crippen LogP contribution is 2.40. The summed E-state index contributed by atoms with van der Waals surface area (Å²) in [4.78, 5) is 23.8. The number of carbonyl (C=O) groups excluding carboxylic acids is 1. The molecule has 2 aromatic heterocycles. The maximum absolute atomic E-state index is 12.4. The van der Waals surface area contributed by atoms with Crippen LogP contribution in [0.5, 0.6) is 5.75 Å². The van der Waals surface area contributed by atoms with Crippen LogP contribution in [0.3, 0.4) is 0 Å². The number of fused-ring (bicyclic) bond motifs is 1. The number of ether oxygens (including phenoxy) is 1. The fourth-order valence-corrected chi connectivity index (χ4v) is 3.78. The molecule has 0 aliphatic carbocycles. The van der Waals surface area contributed by atoms with Gasteiger partial charge in [0, 0.05) is 29.7 Å². The van der Waals surface area contributed by atoms with Crippen LogP contribution in [0.4, 0.5) is 0 Å². The molecule has 3 aromatic rings. The van der Waals surface area contributed by atoms with Gasteiger partial charge in [0.1, 0.15) is 11.3 Å². The van der Waals surface area contributed by atoms with Gasteiger partial charge in [-0.25, -0.2) is 9.59 Å². The third-order valence-electron chi connectivity index (χ3n) is 6.60. The summed E-state index contributed by atoms with van der Waals surface area (Å²) in [5.41, 5.74) is 1.50. The normalized spacial score (nSPS) is 13.0. The van der Waals surface area contributed by atoms with E-state index in [0.29, 0.717) is 29.1 Å². The summed E-state index contributed by atoms with van der Waals surface area (Å²) in [6.45, 7) is 13.9. The van der Waals surface area contributed by atoms with Crippen molar-refractivity contribution in [2.75, 3.05) is 0 Å². The van der Waals surface area contributed by atoms with Crippen LogP contribution in [0.2, 0.25) is 0 Å². The minimum absolute atomic E-state index is 0.0981. The predicted octanol–water partition coefficient (Wildman–Crippen LogP) is 5.50. The Morgan fingerprint density at radius 1 is 1.03 bits per heavy atom. The molecule has 0 spiro atoms. The Hall–Kier alpha value is -2.95. The zero-order valence-corrected chi connectivity index (χ0v) is 19.9. The molecule has 0 bridgehead atoms. The summed E-state index contributed by atoms with van der Waals surface area (Å²) in [7, 11) is 0. The molecule has 0 aliphatic heterocycles. The summed E-state index contributed by atoms with van der Waals surface area (Å²) >= 11 is 0. The second-order valence-electron chi connectivity index (χ2n) is 9.93. The van der Waals surface area contributed by atoms with Crippen molar-refractivity contribution in [1.29, 1.82) is 0 Å². The lowest BCUT2D eigenvalue weighted by Crippen LogP contribution is -2.39. The number of benzene rings is 1. The Labute approximate surface area is 190 Å². The first-order chi connectivity index (χ1) is 15.0. The quantitative estimate of drug-likeness (QED) is 0.203. The van der Waals surface area contributed by atoms with Gasteiger partial charge in [0.15, 0.2) is 12.4 Å². The first kappa shape index (κ1) is 23.7. The molecule has 2 heterocycles. The third kappa shape index (κ3) is 5.84. The highest BCUT2D eigenvalue weighted by atomic mass is 16.5. The first-order valence-corrected chi connectivity index (χ1v) is 11.3. The Morgan fingerprint density at radius 2 is 1.69 bits per heavy atom. The zero-order chi connectivity index (χ0) is 23.5. The highest BCUT2D eigenvalue weighted by molar-refractivity contribution is 5.79. The van der Waals surface area contributed by atoms with Gasteiger partial charge in [-0.05, 0) is 53.4 Å². The van der Waals surface area contributed by atoms with Gasteiger partial charge in [-0.1, -0.05) is 41.5 Å². The van der Waals surface area contributed by atoms with E-state index in [4.69, 9.17) is 9.15 Å². The molecule has 0 aliphatic rings. The van der Waals surface area contributed by atoms with Gasteiger partial charge in [-0.3, -0.25) is 0 Å². The molecule has 170 valence electrons. The molecule has 0 saturated heterocycles. The maximum Gasteiger partial charge on any atom is 0.378 e. The van der Waals surface area contributed by atoms with Crippen molar-refractivity contribution in [2.24, 2.45) is 17.3 Å². The minimum Gasteiger partial charge on any atom is -0.423 e. The monoisotopic (exact) mass is 436 g/mol. The number of esters is 1. The Kier molecular flexibility index (Phi) is 7.17. The highest BCUT2D eigenvalue weighted by Gasteiger charge is 2.29. The van der Waals surface area contributed by atoms with Crippen LogP contribution in [0, 0.1) is 17.3 Å². The smallest absolute Gasteiger partial charge is 0.378 e. The lowest BCUT2D eigenvalue weighted by Gasteiger charge is -2.35. The second kappa shape index (κ2) is 9.68. The average molecular weight is 437 g/mol. The van der Waals surface area contributed by atoms with Crippen LogP contribution in [0.1, 0.15) is 59.4 Å². The van der Waals surface area contributed by atoms with E-state index < -0.39 is 5.63 Å². The molecule has 1 aromatic carbocycles. The van der Waals surface area contributed by atoms with Crippen molar-refractivity contribution >= 4 is 16.9 Å². The van der Waals surface area contributed by atoms with E-state index in [1.165, 1.54) is 11.6 Å². The molecule has 5 heteroatoms. The molecule has 1 atom stereocenters. The van der Waals surface area contributed by atoms with Gasteiger partial charge < -0.3 is 9.15 Å². The Bertz CT molecular complexity index is 1130. The largest absolute Gasteiger partial charge is 0.423 e.